The maximum absolute atomic E-state index is 12.4. The quantitative estimate of drug-likeness (QED) is 0.407. The molecule has 0 aliphatic heterocycles. The molecule has 9 heteroatoms. The van der Waals surface area contributed by atoms with Gasteiger partial charge in [-0.05, 0) is 35.7 Å². The molecular formula is C15H10F3NO4S. The Morgan fingerprint density at radius 2 is 1.67 bits per heavy atom. The lowest BCUT2D eigenvalue weighted by molar-refractivity contribution is -0.0500. The van der Waals surface area contributed by atoms with Crippen LogP contribution in [0.4, 0.5) is 13.2 Å². The van der Waals surface area contributed by atoms with Crippen molar-refractivity contribution in [2.24, 2.45) is 0 Å². The highest BCUT2D eigenvalue weighted by atomic mass is 32.2. The van der Waals surface area contributed by atoms with Crippen LogP contribution in [0.2, 0.25) is 0 Å². The Balaban J connectivity index is 2.08. The van der Waals surface area contributed by atoms with Gasteiger partial charge in [-0.15, -0.1) is 0 Å². The van der Waals surface area contributed by atoms with Gasteiger partial charge in [0.1, 0.15) is 11.5 Å². The van der Waals surface area contributed by atoms with Crippen LogP contribution in [0.5, 0.6) is 11.5 Å². The summed E-state index contributed by atoms with van der Waals surface area (Å²) in [5.74, 6) is 0.181. The maximum Gasteiger partial charge on any atom is 0.534 e. The second kappa shape index (κ2) is 5.52. The van der Waals surface area contributed by atoms with Gasteiger partial charge in [0.05, 0.1) is 12.6 Å². The number of alkyl halides is 3. The van der Waals surface area contributed by atoms with Crippen LogP contribution in [0.1, 0.15) is 0 Å². The van der Waals surface area contributed by atoms with Crippen LogP contribution in [-0.4, -0.2) is 26.0 Å². The minimum absolute atomic E-state index is 0.436. The molecule has 0 aliphatic rings. The average Bonchev–Trinajstić information content (AvgIpc) is 2.52. The van der Waals surface area contributed by atoms with Crippen molar-refractivity contribution in [3.05, 3.63) is 42.6 Å². The third-order valence-corrected chi connectivity index (χ3v) is 4.33. The van der Waals surface area contributed by atoms with Gasteiger partial charge in [0.25, 0.3) is 0 Å². The van der Waals surface area contributed by atoms with E-state index in [0.717, 1.165) is 11.5 Å². The van der Waals surface area contributed by atoms with Crippen LogP contribution in [0.15, 0.2) is 42.6 Å². The standard InChI is InChI=1S/C15H10F3NO4S/c1-22-10-2-5-13-12-4-3-11(23-24(20,21)15(16,17)18)6-9(12)8-19-14(13)7-10/h2-8H,1H3. The number of fused-ring (bicyclic) bond motifs is 3. The number of rotatable bonds is 3. The molecule has 1 aromatic heterocycles. The molecule has 24 heavy (non-hydrogen) atoms. The van der Waals surface area contributed by atoms with Crippen LogP contribution < -0.4 is 8.92 Å². The van der Waals surface area contributed by atoms with Crippen molar-refractivity contribution < 1.29 is 30.5 Å². The fourth-order valence-electron chi connectivity index (χ4n) is 2.23. The van der Waals surface area contributed by atoms with Crippen LogP contribution >= 0.6 is 0 Å². The van der Waals surface area contributed by atoms with E-state index in [9.17, 15) is 21.6 Å². The second-order valence-corrected chi connectivity index (χ2v) is 6.41. The van der Waals surface area contributed by atoms with Gasteiger partial charge in [-0.3, -0.25) is 4.98 Å². The number of pyridine rings is 1. The maximum atomic E-state index is 12.4. The minimum atomic E-state index is -5.71. The molecule has 126 valence electrons. The molecule has 0 radical (unpaired) electrons. The molecule has 2 aromatic carbocycles. The average molecular weight is 357 g/mol. The number of hydrogen-bond acceptors (Lipinski definition) is 5. The van der Waals surface area contributed by atoms with Crippen molar-refractivity contribution in [3.8, 4) is 11.5 Å². The molecule has 0 atom stereocenters. The fourth-order valence-corrected chi connectivity index (χ4v) is 2.68. The zero-order chi connectivity index (χ0) is 17.5. The van der Waals surface area contributed by atoms with Crippen LogP contribution in [-0.2, 0) is 10.1 Å². The van der Waals surface area contributed by atoms with Crippen molar-refractivity contribution in [2.75, 3.05) is 7.11 Å². The normalized spacial score (nSPS) is 12.5. The van der Waals surface area contributed by atoms with Gasteiger partial charge >= 0.3 is 15.6 Å². The minimum Gasteiger partial charge on any atom is -0.497 e. The Kier molecular flexibility index (Phi) is 3.75. The van der Waals surface area contributed by atoms with Gasteiger partial charge in [-0.2, -0.15) is 21.6 Å². The Morgan fingerprint density at radius 1 is 1.00 bits per heavy atom. The van der Waals surface area contributed by atoms with Crippen LogP contribution in [0, 0.1) is 0 Å². The largest absolute Gasteiger partial charge is 0.534 e. The van der Waals surface area contributed by atoms with E-state index in [0.29, 0.717) is 22.0 Å². The third kappa shape index (κ3) is 2.82. The van der Waals surface area contributed by atoms with Crippen molar-refractivity contribution in [1.29, 1.82) is 0 Å². The topological polar surface area (TPSA) is 65.5 Å². The lowest BCUT2D eigenvalue weighted by Gasteiger charge is -2.10. The Labute approximate surface area is 134 Å². The first-order chi connectivity index (χ1) is 11.2. The Hall–Kier alpha value is -2.55. The van der Waals surface area contributed by atoms with Gasteiger partial charge in [0, 0.05) is 23.0 Å². The highest BCUT2D eigenvalue weighted by Crippen LogP contribution is 2.31. The first-order valence-corrected chi connectivity index (χ1v) is 7.99. The van der Waals surface area contributed by atoms with E-state index in [1.807, 2.05) is 0 Å². The lowest BCUT2D eigenvalue weighted by atomic mass is 10.1. The van der Waals surface area contributed by atoms with Gasteiger partial charge < -0.3 is 8.92 Å². The highest BCUT2D eigenvalue weighted by Gasteiger charge is 2.48. The molecule has 5 nitrogen and oxygen atoms in total. The fraction of sp³-hybridized carbons (Fsp3) is 0.133. The van der Waals surface area contributed by atoms with E-state index >= 15 is 0 Å². The van der Waals surface area contributed by atoms with E-state index < -0.39 is 21.4 Å². The monoisotopic (exact) mass is 357 g/mol. The van der Waals surface area contributed by atoms with Crippen LogP contribution in [0.25, 0.3) is 21.7 Å². The number of halogens is 3. The van der Waals surface area contributed by atoms with Crippen molar-refractivity contribution in [2.45, 2.75) is 5.51 Å². The molecule has 0 saturated carbocycles. The molecule has 0 fully saturated rings. The predicted molar refractivity (Wildman–Crippen MR) is 81.4 cm³/mol. The summed E-state index contributed by atoms with van der Waals surface area (Å²) in [7, 11) is -4.19. The Bertz CT molecular complexity index is 1030. The first kappa shape index (κ1) is 16.3. The first-order valence-electron chi connectivity index (χ1n) is 6.58. The molecule has 1 heterocycles. The summed E-state index contributed by atoms with van der Waals surface area (Å²) in [5, 5.41) is 1.89. The molecule has 0 unspecified atom stereocenters. The van der Waals surface area contributed by atoms with E-state index in [2.05, 4.69) is 9.17 Å². The molecule has 0 spiro atoms. The second-order valence-electron chi connectivity index (χ2n) is 4.87. The zero-order valence-electron chi connectivity index (χ0n) is 12.2. The third-order valence-electron chi connectivity index (χ3n) is 3.35. The summed E-state index contributed by atoms with van der Waals surface area (Å²) in [4.78, 5) is 4.20. The molecule has 0 N–H and O–H groups in total. The molecule has 0 saturated heterocycles. The number of nitrogens with zero attached hydrogens (tertiary/aromatic N) is 1. The summed E-state index contributed by atoms with van der Waals surface area (Å²) >= 11 is 0. The highest BCUT2D eigenvalue weighted by molar-refractivity contribution is 7.88. The Morgan fingerprint density at radius 3 is 2.33 bits per heavy atom. The molecule has 0 bridgehead atoms. The molecule has 3 aromatic rings. The number of aromatic nitrogens is 1. The van der Waals surface area contributed by atoms with E-state index in [1.54, 1.807) is 18.2 Å². The smallest absolute Gasteiger partial charge is 0.497 e. The van der Waals surface area contributed by atoms with Crippen molar-refractivity contribution in [3.63, 3.8) is 0 Å². The number of hydrogen-bond donors (Lipinski definition) is 0. The summed E-state index contributed by atoms with van der Waals surface area (Å²) < 4.78 is 68.5. The molecule has 3 rings (SSSR count). The molecule has 0 amide bonds. The molecule has 0 aliphatic carbocycles. The number of ether oxygens (including phenoxy) is 1. The van der Waals surface area contributed by atoms with Gasteiger partial charge in [0.2, 0.25) is 0 Å². The summed E-state index contributed by atoms with van der Waals surface area (Å²) in [6.45, 7) is 0. The van der Waals surface area contributed by atoms with E-state index in [1.165, 1.54) is 25.4 Å². The predicted octanol–water partition coefficient (Wildman–Crippen LogP) is 3.63. The van der Waals surface area contributed by atoms with E-state index in [4.69, 9.17) is 4.74 Å². The summed E-state index contributed by atoms with van der Waals surface area (Å²) in [6, 6.07) is 9.03. The lowest BCUT2D eigenvalue weighted by Crippen LogP contribution is -2.28. The number of benzene rings is 2. The van der Waals surface area contributed by atoms with Gasteiger partial charge in [0.15, 0.2) is 0 Å². The molecular weight excluding hydrogens is 347 g/mol. The summed E-state index contributed by atoms with van der Waals surface area (Å²) in [6.07, 6.45) is 1.42. The van der Waals surface area contributed by atoms with Gasteiger partial charge in [-0.25, -0.2) is 0 Å². The van der Waals surface area contributed by atoms with E-state index in [-0.39, 0.29) is 0 Å². The SMILES string of the molecule is COc1ccc2c(c1)ncc1cc(OS(=O)(=O)C(F)(F)F)ccc12. The number of methoxy groups -OCH3 is 1. The van der Waals surface area contributed by atoms with Crippen LogP contribution in [0.3, 0.4) is 0 Å². The van der Waals surface area contributed by atoms with Gasteiger partial charge in [-0.1, -0.05) is 0 Å². The van der Waals surface area contributed by atoms with Crippen molar-refractivity contribution in [1.82, 2.24) is 4.98 Å². The zero-order valence-corrected chi connectivity index (χ0v) is 13.0. The van der Waals surface area contributed by atoms with Crippen molar-refractivity contribution >= 4 is 31.8 Å². The summed E-state index contributed by atoms with van der Waals surface area (Å²) in [5.41, 5.74) is -4.85.